The van der Waals surface area contributed by atoms with Crippen LogP contribution in [0.2, 0.25) is 0 Å². The van der Waals surface area contributed by atoms with Crippen molar-refractivity contribution in [1.82, 2.24) is 15.8 Å². The lowest BCUT2D eigenvalue weighted by molar-refractivity contribution is 0.0844. The van der Waals surface area contributed by atoms with Gasteiger partial charge in [0.2, 0.25) is 0 Å². The van der Waals surface area contributed by atoms with Crippen molar-refractivity contribution in [1.29, 1.82) is 0 Å². The molecule has 28 heavy (non-hydrogen) atoms. The van der Waals surface area contributed by atoms with Gasteiger partial charge in [-0.3, -0.25) is 25.2 Å². The number of amides is 3. The fourth-order valence-corrected chi connectivity index (χ4v) is 2.68. The van der Waals surface area contributed by atoms with Gasteiger partial charge < -0.3 is 10.3 Å². The summed E-state index contributed by atoms with van der Waals surface area (Å²) in [5.41, 5.74) is 7.11. The molecular weight excluding hydrogens is 424 g/mol. The molecular formula is C20H17BrN4O3. The summed E-state index contributed by atoms with van der Waals surface area (Å²) >= 11 is 3.33. The SMILES string of the molecule is Cc1ccc(C(=O)NNC(=O)c2ccc[nH]2)cc1NC(=O)c1ccc(Br)cc1. The molecule has 142 valence electrons. The Hall–Kier alpha value is -3.39. The number of aromatic nitrogens is 1. The van der Waals surface area contributed by atoms with Crippen LogP contribution < -0.4 is 16.2 Å². The Morgan fingerprint density at radius 2 is 1.54 bits per heavy atom. The minimum Gasteiger partial charge on any atom is -0.357 e. The van der Waals surface area contributed by atoms with E-state index in [0.717, 1.165) is 10.0 Å². The molecule has 0 bridgehead atoms. The zero-order valence-corrected chi connectivity index (χ0v) is 16.5. The predicted octanol–water partition coefficient (Wildman–Crippen LogP) is 3.41. The van der Waals surface area contributed by atoms with Crippen molar-refractivity contribution in [2.45, 2.75) is 6.92 Å². The highest BCUT2D eigenvalue weighted by molar-refractivity contribution is 9.10. The van der Waals surface area contributed by atoms with Crippen LogP contribution in [0.1, 0.15) is 36.8 Å². The molecule has 2 aromatic carbocycles. The quantitative estimate of drug-likeness (QED) is 0.467. The molecule has 0 saturated heterocycles. The van der Waals surface area contributed by atoms with Gasteiger partial charge in [-0.15, -0.1) is 0 Å². The summed E-state index contributed by atoms with van der Waals surface area (Å²) in [6.07, 6.45) is 1.61. The molecule has 0 fully saturated rings. The van der Waals surface area contributed by atoms with Crippen molar-refractivity contribution in [3.05, 3.63) is 87.7 Å². The maximum atomic E-state index is 12.4. The average Bonchev–Trinajstić information content (AvgIpc) is 3.23. The molecule has 4 N–H and O–H groups in total. The summed E-state index contributed by atoms with van der Waals surface area (Å²) in [7, 11) is 0. The molecule has 0 unspecified atom stereocenters. The Kier molecular flexibility index (Phi) is 5.90. The number of H-pyrrole nitrogens is 1. The Morgan fingerprint density at radius 1 is 0.857 bits per heavy atom. The smallest absolute Gasteiger partial charge is 0.286 e. The first-order valence-electron chi connectivity index (χ1n) is 8.35. The lowest BCUT2D eigenvalue weighted by Crippen LogP contribution is -2.41. The Balaban J connectivity index is 1.68. The van der Waals surface area contributed by atoms with E-state index in [9.17, 15) is 14.4 Å². The van der Waals surface area contributed by atoms with Crippen molar-refractivity contribution in [3.8, 4) is 0 Å². The maximum absolute atomic E-state index is 12.4. The molecule has 8 heteroatoms. The van der Waals surface area contributed by atoms with Gasteiger partial charge in [0.15, 0.2) is 0 Å². The number of hydrogen-bond donors (Lipinski definition) is 4. The molecule has 0 atom stereocenters. The van der Waals surface area contributed by atoms with Crippen LogP contribution >= 0.6 is 15.9 Å². The number of carbonyl (C=O) groups is 3. The second-order valence-electron chi connectivity index (χ2n) is 5.98. The second kappa shape index (κ2) is 8.53. The van der Waals surface area contributed by atoms with Crippen molar-refractivity contribution < 1.29 is 14.4 Å². The van der Waals surface area contributed by atoms with Crippen LogP contribution in [0.3, 0.4) is 0 Å². The monoisotopic (exact) mass is 440 g/mol. The minimum atomic E-state index is -0.501. The summed E-state index contributed by atoms with van der Waals surface area (Å²) in [6, 6.07) is 15.1. The fraction of sp³-hybridized carbons (Fsp3) is 0.0500. The van der Waals surface area contributed by atoms with Crippen LogP contribution in [0.4, 0.5) is 5.69 Å². The average molecular weight is 441 g/mol. The number of halogens is 1. The first kappa shape index (κ1) is 19.4. The Bertz CT molecular complexity index is 1010. The second-order valence-corrected chi connectivity index (χ2v) is 6.90. The van der Waals surface area contributed by atoms with Gasteiger partial charge in [-0.1, -0.05) is 22.0 Å². The normalized spacial score (nSPS) is 10.2. The van der Waals surface area contributed by atoms with Crippen LogP contribution in [-0.4, -0.2) is 22.7 Å². The Labute approximate surface area is 169 Å². The molecule has 1 heterocycles. The van der Waals surface area contributed by atoms with Crippen molar-refractivity contribution in [2.24, 2.45) is 0 Å². The first-order chi connectivity index (χ1) is 13.4. The third kappa shape index (κ3) is 4.66. The first-order valence-corrected chi connectivity index (χ1v) is 9.15. The van der Waals surface area contributed by atoms with Crippen molar-refractivity contribution in [2.75, 3.05) is 5.32 Å². The van der Waals surface area contributed by atoms with E-state index in [0.29, 0.717) is 22.5 Å². The molecule has 0 saturated carbocycles. The van der Waals surface area contributed by atoms with Crippen LogP contribution in [0.25, 0.3) is 0 Å². The summed E-state index contributed by atoms with van der Waals surface area (Å²) in [4.78, 5) is 39.4. The molecule has 0 aliphatic rings. The number of hydrogen-bond acceptors (Lipinski definition) is 3. The summed E-state index contributed by atoms with van der Waals surface area (Å²) < 4.78 is 0.875. The number of carbonyl (C=O) groups excluding carboxylic acids is 3. The minimum absolute atomic E-state index is 0.284. The zero-order valence-electron chi connectivity index (χ0n) is 14.9. The molecule has 3 aromatic rings. The third-order valence-electron chi connectivity index (χ3n) is 3.99. The van der Waals surface area contributed by atoms with Crippen LogP contribution in [0.5, 0.6) is 0 Å². The van der Waals surface area contributed by atoms with Crippen LogP contribution in [0, 0.1) is 6.92 Å². The Morgan fingerprint density at radius 3 is 2.21 bits per heavy atom. The summed E-state index contributed by atoms with van der Waals surface area (Å²) in [5, 5.41) is 2.80. The van der Waals surface area contributed by atoms with E-state index < -0.39 is 11.8 Å². The summed E-state index contributed by atoms with van der Waals surface area (Å²) in [6.45, 7) is 1.83. The van der Waals surface area contributed by atoms with Gasteiger partial charge in [0.05, 0.1) is 0 Å². The van der Waals surface area contributed by atoms with Crippen molar-refractivity contribution >= 4 is 39.3 Å². The van der Waals surface area contributed by atoms with E-state index in [1.807, 2.05) is 6.92 Å². The largest absolute Gasteiger partial charge is 0.357 e. The lowest BCUT2D eigenvalue weighted by atomic mass is 10.1. The van der Waals surface area contributed by atoms with E-state index in [2.05, 4.69) is 37.1 Å². The number of anilines is 1. The van der Waals surface area contributed by atoms with Gasteiger partial charge in [-0.25, -0.2) is 0 Å². The topological polar surface area (TPSA) is 103 Å². The van der Waals surface area contributed by atoms with E-state index in [4.69, 9.17) is 0 Å². The zero-order chi connectivity index (χ0) is 20.1. The number of rotatable bonds is 4. The molecule has 1 aromatic heterocycles. The number of hydrazine groups is 1. The molecule has 0 radical (unpaired) electrons. The third-order valence-corrected chi connectivity index (χ3v) is 4.52. The fourth-order valence-electron chi connectivity index (χ4n) is 2.42. The lowest BCUT2D eigenvalue weighted by Gasteiger charge is -2.11. The van der Waals surface area contributed by atoms with Crippen LogP contribution in [0.15, 0.2) is 65.3 Å². The molecule has 3 amide bonds. The van der Waals surface area contributed by atoms with E-state index >= 15 is 0 Å². The highest BCUT2D eigenvalue weighted by Crippen LogP contribution is 2.19. The van der Waals surface area contributed by atoms with E-state index in [-0.39, 0.29) is 5.91 Å². The number of nitrogens with one attached hydrogen (secondary N) is 4. The van der Waals surface area contributed by atoms with Crippen LogP contribution in [-0.2, 0) is 0 Å². The van der Waals surface area contributed by atoms with Gasteiger partial charge in [0.25, 0.3) is 17.7 Å². The highest BCUT2D eigenvalue weighted by atomic mass is 79.9. The molecule has 3 rings (SSSR count). The van der Waals surface area contributed by atoms with Gasteiger partial charge in [0, 0.05) is 27.5 Å². The van der Waals surface area contributed by atoms with Crippen molar-refractivity contribution in [3.63, 3.8) is 0 Å². The van der Waals surface area contributed by atoms with Gasteiger partial charge >= 0.3 is 0 Å². The molecule has 7 nitrogen and oxygen atoms in total. The maximum Gasteiger partial charge on any atom is 0.286 e. The number of aryl methyl sites for hydroxylation is 1. The number of benzene rings is 2. The van der Waals surface area contributed by atoms with Gasteiger partial charge in [-0.05, 0) is 61.0 Å². The number of aromatic amines is 1. The molecule has 0 spiro atoms. The standard InChI is InChI=1S/C20H17BrN4O3/c1-12-4-5-14(19(27)24-25-20(28)16-3-2-10-22-16)11-17(12)23-18(26)13-6-8-15(21)9-7-13/h2-11,22H,1H3,(H,23,26)(H,24,27)(H,25,28). The molecule has 0 aliphatic carbocycles. The predicted molar refractivity (Wildman–Crippen MR) is 109 cm³/mol. The van der Waals surface area contributed by atoms with Gasteiger partial charge in [-0.2, -0.15) is 0 Å². The molecule has 0 aliphatic heterocycles. The summed E-state index contributed by atoms with van der Waals surface area (Å²) in [5.74, 6) is -1.25. The van der Waals surface area contributed by atoms with E-state index in [1.54, 1.807) is 60.8 Å². The highest BCUT2D eigenvalue weighted by Gasteiger charge is 2.13. The van der Waals surface area contributed by atoms with Gasteiger partial charge in [0.1, 0.15) is 5.69 Å². The van der Waals surface area contributed by atoms with E-state index in [1.165, 1.54) is 0 Å².